The van der Waals surface area contributed by atoms with Crippen LogP contribution in [0.25, 0.3) is 6.08 Å². The van der Waals surface area contributed by atoms with Gasteiger partial charge in [0.2, 0.25) is 0 Å². The van der Waals surface area contributed by atoms with Gasteiger partial charge in [-0.1, -0.05) is 30.3 Å². The topological polar surface area (TPSA) is 93.3 Å². The van der Waals surface area contributed by atoms with Gasteiger partial charge in [-0.2, -0.15) is 8.78 Å². The fraction of sp³-hybridized carbons (Fsp3) is 0.263. The van der Waals surface area contributed by atoms with E-state index < -0.39 is 17.5 Å². The van der Waals surface area contributed by atoms with Gasteiger partial charge in [0, 0.05) is 29.4 Å². The average molecular weight is 438 g/mol. The monoisotopic (exact) mass is 437 g/mol. The molecular weight excluding hydrogens is 420 g/mol. The molecule has 1 aliphatic heterocycles. The Morgan fingerprint density at radius 2 is 2.17 bits per heavy atom. The van der Waals surface area contributed by atoms with Gasteiger partial charge in [0.1, 0.15) is 11.2 Å². The van der Waals surface area contributed by atoms with E-state index in [1.807, 2.05) is 6.92 Å². The molecular formula is C19H18ClF2N5OS. The number of hydrogen-bond acceptors (Lipinski definition) is 6. The Balaban J connectivity index is 1.83. The summed E-state index contributed by atoms with van der Waals surface area (Å²) in [6, 6.07) is 4.60. The minimum atomic E-state index is -1.88. The van der Waals surface area contributed by atoms with Crippen molar-refractivity contribution in [2.24, 2.45) is 10.7 Å². The summed E-state index contributed by atoms with van der Waals surface area (Å²) in [4.78, 5) is 25.4. The van der Waals surface area contributed by atoms with Gasteiger partial charge >= 0.3 is 0 Å². The molecule has 0 aliphatic carbocycles. The van der Waals surface area contributed by atoms with E-state index in [1.165, 1.54) is 17.8 Å². The molecule has 1 aliphatic rings. The maximum absolute atomic E-state index is 12.5. The molecule has 0 bridgehead atoms. The van der Waals surface area contributed by atoms with Crippen molar-refractivity contribution in [3.05, 3.63) is 58.6 Å². The van der Waals surface area contributed by atoms with Crippen LogP contribution < -0.4 is 11.1 Å². The molecule has 2 aromatic heterocycles. The van der Waals surface area contributed by atoms with E-state index >= 15 is 0 Å². The van der Waals surface area contributed by atoms with Crippen molar-refractivity contribution < 1.29 is 13.6 Å². The summed E-state index contributed by atoms with van der Waals surface area (Å²) in [6.07, 6.45) is 2.21. The van der Waals surface area contributed by atoms with Gasteiger partial charge < -0.3 is 11.1 Å². The highest BCUT2D eigenvalue weighted by molar-refractivity contribution is 8.14. The molecule has 10 heteroatoms. The van der Waals surface area contributed by atoms with Crippen molar-refractivity contribution in [2.75, 3.05) is 5.32 Å². The van der Waals surface area contributed by atoms with Crippen LogP contribution in [0.1, 0.15) is 42.0 Å². The number of carbonyl (C=O) groups is 1. The number of pyridine rings is 2. The molecule has 0 unspecified atom stereocenters. The molecule has 29 heavy (non-hydrogen) atoms. The zero-order chi connectivity index (χ0) is 21.2. The van der Waals surface area contributed by atoms with Gasteiger partial charge in [-0.25, -0.2) is 9.98 Å². The van der Waals surface area contributed by atoms with Gasteiger partial charge in [-0.05, 0) is 37.1 Å². The second-order valence-electron chi connectivity index (χ2n) is 6.77. The second kappa shape index (κ2) is 8.46. The summed E-state index contributed by atoms with van der Waals surface area (Å²) in [5.74, 6) is -0.566. The number of aliphatic imine (C=N–C) groups is 1. The van der Waals surface area contributed by atoms with Crippen LogP contribution in [0, 0.1) is 0 Å². The van der Waals surface area contributed by atoms with Crippen LogP contribution in [0.3, 0.4) is 0 Å². The molecule has 0 aromatic carbocycles. The molecule has 3 rings (SSSR count). The molecule has 2 atom stereocenters. The first kappa shape index (κ1) is 21.2. The molecule has 1 amide bonds. The minimum Gasteiger partial charge on any atom is -0.379 e. The lowest BCUT2D eigenvalue weighted by molar-refractivity contribution is 0.102. The van der Waals surface area contributed by atoms with Crippen molar-refractivity contribution in [1.29, 1.82) is 0 Å². The van der Waals surface area contributed by atoms with Crippen molar-refractivity contribution in [1.82, 2.24) is 9.97 Å². The number of rotatable bonds is 4. The predicted octanol–water partition coefficient (Wildman–Crippen LogP) is 4.68. The number of nitrogens with two attached hydrogens (primary N) is 1. The standard InChI is InChI=1S/C19H18ClF2N5OS/c1-10-8-19(2,27-18(23)29-10)14-7-12(3-4-24-14)26-17(28)16-13(20)5-11(9-25-16)6-15(21)22/h3-7,9-10H,8H2,1-2H3,(H2,23,27)(H,24,26,28)/t10-,19+/m1/s1. The highest BCUT2D eigenvalue weighted by Crippen LogP contribution is 2.38. The lowest BCUT2D eigenvalue weighted by Gasteiger charge is -2.32. The third kappa shape index (κ3) is 5.10. The lowest BCUT2D eigenvalue weighted by atomic mass is 9.91. The van der Waals surface area contributed by atoms with E-state index in [1.54, 1.807) is 18.3 Å². The molecule has 3 N–H and O–H groups in total. The van der Waals surface area contributed by atoms with Crippen LogP contribution in [0.5, 0.6) is 0 Å². The molecule has 2 aromatic rings. The van der Waals surface area contributed by atoms with Crippen LogP contribution in [0.2, 0.25) is 5.02 Å². The zero-order valence-electron chi connectivity index (χ0n) is 15.6. The number of aromatic nitrogens is 2. The summed E-state index contributed by atoms with van der Waals surface area (Å²) in [7, 11) is 0. The third-order valence-corrected chi connectivity index (χ3v) is 5.48. The van der Waals surface area contributed by atoms with Gasteiger partial charge in [-0.15, -0.1) is 0 Å². The van der Waals surface area contributed by atoms with E-state index in [-0.39, 0.29) is 21.5 Å². The number of amides is 1. The largest absolute Gasteiger partial charge is 0.379 e. The number of anilines is 1. The van der Waals surface area contributed by atoms with Gasteiger partial charge in [0.15, 0.2) is 5.17 Å². The minimum absolute atomic E-state index is 0.0331. The highest BCUT2D eigenvalue weighted by atomic mass is 35.5. The highest BCUT2D eigenvalue weighted by Gasteiger charge is 2.34. The maximum Gasteiger partial charge on any atom is 0.275 e. The predicted molar refractivity (Wildman–Crippen MR) is 112 cm³/mol. The molecule has 0 fully saturated rings. The maximum atomic E-state index is 12.5. The number of nitrogens with zero attached hydrogens (tertiary/aromatic N) is 3. The third-order valence-electron chi connectivity index (χ3n) is 4.29. The van der Waals surface area contributed by atoms with E-state index in [0.717, 1.165) is 12.6 Å². The number of halogens is 3. The second-order valence-corrected chi connectivity index (χ2v) is 8.64. The first-order valence-corrected chi connectivity index (χ1v) is 9.90. The number of carbonyl (C=O) groups excluding carboxylic acids is 1. The average Bonchev–Trinajstić information content (AvgIpc) is 2.60. The van der Waals surface area contributed by atoms with Crippen molar-refractivity contribution >= 4 is 46.2 Å². The molecule has 3 heterocycles. The Labute approximate surface area is 175 Å². The quantitative estimate of drug-likeness (QED) is 0.724. The van der Waals surface area contributed by atoms with Crippen LogP contribution >= 0.6 is 23.4 Å². The van der Waals surface area contributed by atoms with Gasteiger partial charge in [0.05, 0.1) is 10.7 Å². The van der Waals surface area contributed by atoms with E-state index in [9.17, 15) is 13.6 Å². The van der Waals surface area contributed by atoms with E-state index in [4.69, 9.17) is 17.3 Å². The fourth-order valence-electron chi connectivity index (χ4n) is 3.10. The first-order valence-electron chi connectivity index (χ1n) is 8.64. The van der Waals surface area contributed by atoms with Crippen LogP contribution in [0.4, 0.5) is 14.5 Å². The Hall–Kier alpha value is -2.52. The molecule has 0 radical (unpaired) electrons. The Bertz CT molecular complexity index is 1010. The smallest absolute Gasteiger partial charge is 0.275 e. The lowest BCUT2D eigenvalue weighted by Crippen LogP contribution is -2.33. The van der Waals surface area contributed by atoms with Crippen LogP contribution in [-0.4, -0.2) is 26.3 Å². The van der Waals surface area contributed by atoms with Crippen molar-refractivity contribution in [3.8, 4) is 0 Å². The van der Waals surface area contributed by atoms with Crippen molar-refractivity contribution in [2.45, 2.75) is 31.1 Å². The first-order chi connectivity index (χ1) is 13.7. The zero-order valence-corrected chi connectivity index (χ0v) is 17.2. The van der Waals surface area contributed by atoms with Crippen molar-refractivity contribution in [3.63, 3.8) is 0 Å². The number of amidine groups is 1. The number of nitrogens with one attached hydrogen (secondary N) is 1. The van der Waals surface area contributed by atoms with Gasteiger partial charge in [-0.3, -0.25) is 9.78 Å². The molecule has 152 valence electrons. The Morgan fingerprint density at radius 1 is 1.41 bits per heavy atom. The van der Waals surface area contributed by atoms with Crippen LogP contribution in [-0.2, 0) is 5.54 Å². The summed E-state index contributed by atoms with van der Waals surface area (Å²) < 4.78 is 24.7. The van der Waals surface area contributed by atoms with E-state index in [2.05, 4.69) is 27.2 Å². The molecule has 0 spiro atoms. The summed E-state index contributed by atoms with van der Waals surface area (Å²) >= 11 is 7.55. The Kier molecular flexibility index (Phi) is 6.18. The molecule has 0 saturated carbocycles. The number of thioether (sulfide) groups is 1. The molecule has 6 nitrogen and oxygen atoms in total. The SMILES string of the molecule is C[C@@H]1C[C@@](C)(c2cc(NC(=O)c3ncc(C=C(F)F)cc3Cl)ccn2)N=C(N)S1. The summed E-state index contributed by atoms with van der Waals surface area (Å²) in [5.41, 5.74) is 6.52. The summed E-state index contributed by atoms with van der Waals surface area (Å²) in [5, 5.41) is 3.45. The fourth-order valence-corrected chi connectivity index (χ4v) is 4.44. The summed E-state index contributed by atoms with van der Waals surface area (Å²) in [6.45, 7) is 4.01. The number of hydrogen-bond donors (Lipinski definition) is 2. The van der Waals surface area contributed by atoms with E-state index in [0.29, 0.717) is 22.6 Å². The van der Waals surface area contributed by atoms with Gasteiger partial charge in [0.25, 0.3) is 12.0 Å². The normalized spacial score (nSPS) is 21.3. The Morgan fingerprint density at radius 3 is 2.83 bits per heavy atom. The molecule has 0 saturated heterocycles. The van der Waals surface area contributed by atoms with Crippen LogP contribution in [0.15, 0.2) is 41.7 Å².